The van der Waals surface area contributed by atoms with Crippen molar-refractivity contribution in [3.63, 3.8) is 0 Å². The van der Waals surface area contributed by atoms with Crippen LogP contribution < -0.4 is 5.32 Å². The molecule has 2 saturated carbocycles. The molecule has 0 aromatic carbocycles. The van der Waals surface area contributed by atoms with Crippen molar-refractivity contribution >= 4 is 11.8 Å². The molecule has 0 aromatic rings. The van der Waals surface area contributed by atoms with Crippen LogP contribution in [0.1, 0.15) is 64.2 Å². The fraction of sp³-hybridized carbons (Fsp3) is 0.889. The monoisotopic (exact) mass is 306 g/mol. The van der Waals surface area contributed by atoms with Crippen LogP contribution in [-0.4, -0.2) is 36.3 Å². The van der Waals surface area contributed by atoms with Crippen LogP contribution in [0.3, 0.4) is 0 Å². The molecule has 3 aliphatic rings. The number of rotatable bonds is 4. The highest BCUT2D eigenvalue weighted by atomic mass is 16.2. The van der Waals surface area contributed by atoms with E-state index in [-0.39, 0.29) is 17.7 Å². The number of carbonyl (C=O) groups is 2. The van der Waals surface area contributed by atoms with Gasteiger partial charge in [0, 0.05) is 32.0 Å². The Hall–Kier alpha value is -1.06. The fourth-order valence-corrected chi connectivity index (χ4v) is 4.61. The van der Waals surface area contributed by atoms with Crippen molar-refractivity contribution in [3.8, 4) is 0 Å². The molecule has 2 atom stereocenters. The summed E-state index contributed by atoms with van der Waals surface area (Å²) in [6.45, 7) is 2.40. The third-order valence-corrected chi connectivity index (χ3v) is 6.01. The number of piperidine rings is 1. The Bertz CT molecular complexity index is 404. The van der Waals surface area contributed by atoms with Crippen LogP contribution >= 0.6 is 0 Å². The molecule has 3 rings (SSSR count). The molecule has 1 heterocycles. The molecule has 0 spiro atoms. The van der Waals surface area contributed by atoms with Crippen molar-refractivity contribution in [1.82, 2.24) is 10.2 Å². The van der Waals surface area contributed by atoms with Gasteiger partial charge in [-0.05, 0) is 37.5 Å². The maximum Gasteiger partial charge on any atom is 0.224 e. The summed E-state index contributed by atoms with van der Waals surface area (Å²) < 4.78 is 0. The summed E-state index contributed by atoms with van der Waals surface area (Å²) in [6, 6.07) is 0. The van der Waals surface area contributed by atoms with E-state index in [1.54, 1.807) is 0 Å². The van der Waals surface area contributed by atoms with Gasteiger partial charge in [-0.2, -0.15) is 0 Å². The van der Waals surface area contributed by atoms with Crippen molar-refractivity contribution < 1.29 is 9.59 Å². The van der Waals surface area contributed by atoms with Crippen molar-refractivity contribution in [2.24, 2.45) is 17.8 Å². The Morgan fingerprint density at radius 2 is 1.59 bits per heavy atom. The van der Waals surface area contributed by atoms with Crippen LogP contribution in [0.15, 0.2) is 0 Å². The van der Waals surface area contributed by atoms with Crippen molar-refractivity contribution in [2.45, 2.75) is 64.2 Å². The Morgan fingerprint density at radius 3 is 2.36 bits per heavy atom. The third-order valence-electron chi connectivity index (χ3n) is 6.01. The Kier molecular flexibility index (Phi) is 5.37. The molecule has 3 fully saturated rings. The second-order valence-corrected chi connectivity index (χ2v) is 7.46. The van der Waals surface area contributed by atoms with E-state index in [9.17, 15) is 9.59 Å². The van der Waals surface area contributed by atoms with Gasteiger partial charge in [0.05, 0.1) is 0 Å². The number of carbonyl (C=O) groups excluding carboxylic acids is 2. The first-order chi connectivity index (χ1) is 10.7. The lowest BCUT2D eigenvalue weighted by Gasteiger charge is -2.41. The average Bonchev–Trinajstić information content (AvgIpc) is 3.08. The zero-order valence-electron chi connectivity index (χ0n) is 13.7. The minimum absolute atomic E-state index is 0.163. The van der Waals surface area contributed by atoms with Gasteiger partial charge >= 0.3 is 0 Å². The molecule has 0 aromatic heterocycles. The molecule has 1 aliphatic heterocycles. The summed E-state index contributed by atoms with van der Waals surface area (Å²) in [5.41, 5.74) is 0. The summed E-state index contributed by atoms with van der Waals surface area (Å²) in [5, 5.41) is 2.96. The van der Waals surface area contributed by atoms with Crippen molar-refractivity contribution in [3.05, 3.63) is 0 Å². The number of likely N-dealkylation sites (tertiary alicyclic amines) is 1. The van der Waals surface area contributed by atoms with Gasteiger partial charge in [0.1, 0.15) is 0 Å². The van der Waals surface area contributed by atoms with E-state index < -0.39 is 0 Å². The quantitative estimate of drug-likeness (QED) is 0.868. The zero-order valence-corrected chi connectivity index (χ0v) is 13.7. The van der Waals surface area contributed by atoms with Crippen LogP contribution in [0.4, 0.5) is 0 Å². The molecule has 0 radical (unpaired) electrons. The van der Waals surface area contributed by atoms with E-state index in [0.29, 0.717) is 13.0 Å². The predicted octanol–water partition coefficient (Wildman–Crippen LogP) is 2.72. The number of fused-ring (bicyclic) bond motifs is 1. The highest BCUT2D eigenvalue weighted by Gasteiger charge is 2.32. The smallest absolute Gasteiger partial charge is 0.224 e. The second kappa shape index (κ2) is 7.47. The number of amides is 2. The van der Waals surface area contributed by atoms with E-state index in [1.807, 2.05) is 4.90 Å². The largest absolute Gasteiger partial charge is 0.355 e. The van der Waals surface area contributed by atoms with Gasteiger partial charge in [-0.25, -0.2) is 0 Å². The first-order valence-corrected chi connectivity index (χ1v) is 9.29. The summed E-state index contributed by atoms with van der Waals surface area (Å²) in [4.78, 5) is 26.4. The molecule has 2 aliphatic carbocycles. The Balaban J connectivity index is 1.37. The number of nitrogens with zero attached hydrogens (tertiary/aromatic N) is 1. The van der Waals surface area contributed by atoms with Gasteiger partial charge in [-0.15, -0.1) is 0 Å². The Morgan fingerprint density at radius 1 is 0.909 bits per heavy atom. The molecule has 4 nitrogen and oxygen atoms in total. The summed E-state index contributed by atoms with van der Waals surface area (Å²) in [5.74, 6) is 2.19. The van der Waals surface area contributed by atoms with Crippen LogP contribution in [0.2, 0.25) is 0 Å². The van der Waals surface area contributed by atoms with Crippen molar-refractivity contribution in [2.75, 3.05) is 19.6 Å². The molecule has 2 amide bonds. The highest BCUT2D eigenvalue weighted by Crippen LogP contribution is 2.36. The van der Waals surface area contributed by atoms with Crippen LogP contribution in [0.5, 0.6) is 0 Å². The average molecular weight is 306 g/mol. The lowest BCUT2D eigenvalue weighted by molar-refractivity contribution is -0.134. The summed E-state index contributed by atoms with van der Waals surface area (Å²) in [6.07, 6.45) is 11.4. The first-order valence-electron chi connectivity index (χ1n) is 9.29. The van der Waals surface area contributed by atoms with Crippen LogP contribution in [0.25, 0.3) is 0 Å². The summed E-state index contributed by atoms with van der Waals surface area (Å²) in [7, 11) is 0. The minimum atomic E-state index is 0.163. The van der Waals surface area contributed by atoms with Crippen molar-refractivity contribution in [1.29, 1.82) is 0 Å². The minimum Gasteiger partial charge on any atom is -0.355 e. The zero-order chi connectivity index (χ0) is 15.4. The normalized spacial score (nSPS) is 29.2. The van der Waals surface area contributed by atoms with Gasteiger partial charge < -0.3 is 10.2 Å². The maximum atomic E-state index is 12.4. The van der Waals surface area contributed by atoms with E-state index in [1.165, 1.54) is 44.9 Å². The van der Waals surface area contributed by atoms with Crippen LogP contribution in [0, 0.1) is 17.8 Å². The molecule has 124 valence electrons. The fourth-order valence-electron chi connectivity index (χ4n) is 4.61. The molecular weight excluding hydrogens is 276 g/mol. The topological polar surface area (TPSA) is 49.4 Å². The molecule has 0 bridgehead atoms. The SMILES string of the molecule is O=C(NCCC(=O)N1CCC2CCCCC2C1)C1CCCC1. The number of hydrogen-bond acceptors (Lipinski definition) is 2. The molecule has 1 N–H and O–H groups in total. The third kappa shape index (κ3) is 3.82. The van der Waals surface area contributed by atoms with Gasteiger partial charge in [0.25, 0.3) is 0 Å². The molecule has 1 saturated heterocycles. The highest BCUT2D eigenvalue weighted by molar-refractivity contribution is 5.80. The first kappa shape index (κ1) is 15.8. The second-order valence-electron chi connectivity index (χ2n) is 7.46. The van der Waals surface area contributed by atoms with Crippen LogP contribution in [-0.2, 0) is 9.59 Å². The standard InChI is InChI=1S/C18H30N2O2/c21-17(9-11-19-18(22)15-6-2-3-7-15)20-12-10-14-5-1-4-8-16(14)13-20/h14-16H,1-13H2,(H,19,22). The molecule has 22 heavy (non-hydrogen) atoms. The van der Waals surface area contributed by atoms with Gasteiger partial charge in [0.15, 0.2) is 0 Å². The number of hydrogen-bond donors (Lipinski definition) is 1. The summed E-state index contributed by atoms with van der Waals surface area (Å²) >= 11 is 0. The van der Waals surface area contributed by atoms with Gasteiger partial charge in [0.2, 0.25) is 11.8 Å². The van der Waals surface area contributed by atoms with E-state index in [2.05, 4.69) is 5.32 Å². The molecule has 2 unspecified atom stereocenters. The van der Waals surface area contributed by atoms with Gasteiger partial charge in [-0.1, -0.05) is 32.1 Å². The van der Waals surface area contributed by atoms with Gasteiger partial charge in [-0.3, -0.25) is 9.59 Å². The van der Waals surface area contributed by atoms with E-state index >= 15 is 0 Å². The lowest BCUT2D eigenvalue weighted by Crippen LogP contribution is -2.45. The predicted molar refractivity (Wildman–Crippen MR) is 86.2 cm³/mol. The maximum absolute atomic E-state index is 12.4. The van der Waals surface area contributed by atoms with E-state index in [0.717, 1.165) is 37.8 Å². The lowest BCUT2D eigenvalue weighted by atomic mass is 9.75. The molecule has 4 heteroatoms. The molecular formula is C18H30N2O2. The number of nitrogens with one attached hydrogen (secondary N) is 1. The Labute approximate surface area is 134 Å². The van der Waals surface area contributed by atoms with E-state index in [4.69, 9.17) is 0 Å².